The summed E-state index contributed by atoms with van der Waals surface area (Å²) in [5.74, 6) is 2.76. The molecule has 0 radical (unpaired) electrons. The second-order valence-electron chi connectivity index (χ2n) is 4.10. The second kappa shape index (κ2) is 5.86. The molecule has 0 aliphatic rings. The topological polar surface area (TPSA) is 12.0 Å². The Balaban J connectivity index is 2.25. The van der Waals surface area contributed by atoms with Gasteiger partial charge in [0.15, 0.2) is 0 Å². The van der Waals surface area contributed by atoms with Crippen LogP contribution in [-0.2, 0) is 0 Å². The summed E-state index contributed by atoms with van der Waals surface area (Å²) >= 11 is 1.84. The summed E-state index contributed by atoms with van der Waals surface area (Å²) in [6.07, 6.45) is 7.34. The molecule has 88 valence electrons. The fourth-order valence-corrected chi connectivity index (χ4v) is 3.02. The minimum Gasteiger partial charge on any atom is -0.308 e. The zero-order valence-corrected chi connectivity index (χ0v) is 10.9. The van der Waals surface area contributed by atoms with E-state index in [-0.39, 0.29) is 0 Å². The molecule has 0 spiro atoms. The van der Waals surface area contributed by atoms with Crippen LogP contribution in [0.4, 0.5) is 0 Å². The van der Waals surface area contributed by atoms with Crippen LogP contribution >= 0.6 is 11.3 Å². The fourth-order valence-electron chi connectivity index (χ4n) is 1.88. The van der Waals surface area contributed by atoms with Crippen molar-refractivity contribution < 1.29 is 0 Å². The number of nitrogens with one attached hydrogen (secondary N) is 1. The summed E-state index contributed by atoms with van der Waals surface area (Å²) in [7, 11) is 0. The summed E-state index contributed by atoms with van der Waals surface area (Å²) in [6, 6.07) is 11.0. The maximum atomic E-state index is 5.45. The first-order valence-corrected chi connectivity index (χ1v) is 6.82. The van der Waals surface area contributed by atoms with Gasteiger partial charge in [0.25, 0.3) is 0 Å². The molecule has 17 heavy (non-hydrogen) atoms. The molecule has 1 unspecified atom stereocenters. The van der Waals surface area contributed by atoms with Gasteiger partial charge in [0.2, 0.25) is 0 Å². The van der Waals surface area contributed by atoms with Gasteiger partial charge in [-0.05, 0) is 30.5 Å². The molecule has 1 aromatic carbocycles. The van der Waals surface area contributed by atoms with E-state index < -0.39 is 0 Å². The van der Waals surface area contributed by atoms with Crippen LogP contribution < -0.4 is 5.32 Å². The lowest BCUT2D eigenvalue weighted by molar-refractivity contribution is 0.550. The van der Waals surface area contributed by atoms with E-state index in [1.54, 1.807) is 0 Å². The molecule has 1 atom stereocenters. The van der Waals surface area contributed by atoms with Crippen molar-refractivity contribution in [2.75, 3.05) is 6.54 Å². The van der Waals surface area contributed by atoms with Crippen molar-refractivity contribution in [1.82, 2.24) is 5.32 Å². The quantitative estimate of drug-likeness (QED) is 0.784. The van der Waals surface area contributed by atoms with E-state index in [2.05, 4.69) is 48.5 Å². The molecule has 1 aromatic heterocycles. The van der Waals surface area contributed by atoms with Crippen LogP contribution in [-0.4, -0.2) is 6.54 Å². The molecule has 0 saturated heterocycles. The SMILES string of the molecule is C#CCC(NCCC)c1cc2ccccc2s1. The lowest BCUT2D eigenvalue weighted by Crippen LogP contribution is -2.20. The standard InChI is InChI=1S/C15H17NS/c1-3-7-13(16-10-4-2)15-11-12-8-5-6-9-14(12)17-15/h1,5-6,8-9,11,13,16H,4,7,10H2,2H3. The molecule has 1 nitrogen and oxygen atoms in total. The molecule has 0 amide bonds. The van der Waals surface area contributed by atoms with Crippen LogP contribution in [0.5, 0.6) is 0 Å². The Bertz CT molecular complexity index is 488. The van der Waals surface area contributed by atoms with Crippen molar-refractivity contribution in [3.8, 4) is 12.3 Å². The zero-order valence-electron chi connectivity index (χ0n) is 10.1. The lowest BCUT2D eigenvalue weighted by Gasteiger charge is -2.13. The highest BCUT2D eigenvalue weighted by molar-refractivity contribution is 7.19. The van der Waals surface area contributed by atoms with Gasteiger partial charge in [-0.3, -0.25) is 0 Å². The van der Waals surface area contributed by atoms with Gasteiger partial charge in [-0.25, -0.2) is 0 Å². The van der Waals surface area contributed by atoms with Crippen LogP contribution in [0.15, 0.2) is 30.3 Å². The van der Waals surface area contributed by atoms with Crippen molar-refractivity contribution in [2.45, 2.75) is 25.8 Å². The monoisotopic (exact) mass is 243 g/mol. The van der Waals surface area contributed by atoms with Crippen LogP contribution in [0, 0.1) is 12.3 Å². The highest BCUT2D eigenvalue weighted by Gasteiger charge is 2.12. The molecule has 0 aliphatic heterocycles. The van der Waals surface area contributed by atoms with Crippen molar-refractivity contribution in [3.63, 3.8) is 0 Å². The zero-order chi connectivity index (χ0) is 12.1. The van der Waals surface area contributed by atoms with Crippen LogP contribution in [0.3, 0.4) is 0 Å². The minimum absolute atomic E-state index is 0.303. The van der Waals surface area contributed by atoms with Gasteiger partial charge in [0, 0.05) is 16.0 Å². The summed E-state index contributed by atoms with van der Waals surface area (Å²) in [5, 5.41) is 4.83. The molecule has 2 rings (SSSR count). The van der Waals surface area contributed by atoms with Crippen molar-refractivity contribution in [3.05, 3.63) is 35.2 Å². The third-order valence-corrected chi connectivity index (χ3v) is 3.98. The highest BCUT2D eigenvalue weighted by atomic mass is 32.1. The summed E-state index contributed by atoms with van der Waals surface area (Å²) in [5.41, 5.74) is 0. The van der Waals surface area contributed by atoms with Crippen molar-refractivity contribution in [1.29, 1.82) is 0 Å². The molecule has 0 aliphatic carbocycles. The highest BCUT2D eigenvalue weighted by Crippen LogP contribution is 2.31. The largest absolute Gasteiger partial charge is 0.308 e. The maximum Gasteiger partial charge on any atom is 0.0526 e. The van der Waals surface area contributed by atoms with E-state index in [9.17, 15) is 0 Å². The van der Waals surface area contributed by atoms with Crippen LogP contribution in [0.1, 0.15) is 30.7 Å². The first-order valence-electron chi connectivity index (χ1n) is 6.00. The smallest absolute Gasteiger partial charge is 0.0526 e. The van der Waals surface area contributed by atoms with Crippen molar-refractivity contribution in [2.24, 2.45) is 0 Å². The van der Waals surface area contributed by atoms with Crippen LogP contribution in [0.2, 0.25) is 0 Å². The number of hydrogen-bond acceptors (Lipinski definition) is 2. The van der Waals surface area contributed by atoms with Crippen molar-refractivity contribution >= 4 is 21.4 Å². The number of benzene rings is 1. The molecular formula is C15H17NS. The molecule has 1 heterocycles. The third kappa shape index (κ3) is 2.88. The van der Waals surface area contributed by atoms with E-state index in [1.807, 2.05) is 11.3 Å². The average Bonchev–Trinajstić information content (AvgIpc) is 2.78. The van der Waals surface area contributed by atoms with Gasteiger partial charge >= 0.3 is 0 Å². The number of rotatable bonds is 5. The lowest BCUT2D eigenvalue weighted by atomic mass is 10.1. The Morgan fingerprint density at radius 1 is 1.41 bits per heavy atom. The summed E-state index contributed by atoms with van der Waals surface area (Å²) in [4.78, 5) is 1.35. The first-order chi connectivity index (χ1) is 8.35. The van der Waals surface area contributed by atoms with E-state index in [0.29, 0.717) is 6.04 Å². The minimum atomic E-state index is 0.303. The van der Waals surface area contributed by atoms with E-state index in [1.165, 1.54) is 15.0 Å². The third-order valence-electron chi connectivity index (χ3n) is 2.75. The second-order valence-corrected chi connectivity index (χ2v) is 5.22. The Labute approximate surface area is 107 Å². The molecule has 1 N–H and O–H groups in total. The molecule has 0 saturated carbocycles. The number of thiophene rings is 1. The van der Waals surface area contributed by atoms with E-state index >= 15 is 0 Å². The predicted molar refractivity (Wildman–Crippen MR) is 76.3 cm³/mol. The fraction of sp³-hybridized carbons (Fsp3) is 0.333. The predicted octanol–water partition coefficient (Wildman–Crippen LogP) is 3.97. The molecule has 2 heteroatoms. The Kier molecular flexibility index (Phi) is 4.19. The molecular weight excluding hydrogens is 226 g/mol. The molecule has 0 fully saturated rings. The molecule has 2 aromatic rings. The average molecular weight is 243 g/mol. The summed E-state index contributed by atoms with van der Waals surface area (Å²) in [6.45, 7) is 3.19. The van der Waals surface area contributed by atoms with Gasteiger partial charge < -0.3 is 5.32 Å². The van der Waals surface area contributed by atoms with Gasteiger partial charge in [-0.1, -0.05) is 25.1 Å². The Morgan fingerprint density at radius 3 is 2.94 bits per heavy atom. The van der Waals surface area contributed by atoms with Gasteiger partial charge in [-0.15, -0.1) is 23.7 Å². The van der Waals surface area contributed by atoms with Gasteiger partial charge in [0.05, 0.1) is 6.04 Å². The normalized spacial score (nSPS) is 12.5. The Hall–Kier alpha value is -1.30. The Morgan fingerprint density at radius 2 is 2.24 bits per heavy atom. The van der Waals surface area contributed by atoms with Gasteiger partial charge in [0.1, 0.15) is 0 Å². The van der Waals surface area contributed by atoms with Crippen LogP contribution in [0.25, 0.3) is 10.1 Å². The van der Waals surface area contributed by atoms with Gasteiger partial charge in [-0.2, -0.15) is 0 Å². The molecule has 0 bridgehead atoms. The number of terminal acetylenes is 1. The maximum absolute atomic E-state index is 5.45. The van der Waals surface area contributed by atoms with E-state index in [0.717, 1.165) is 19.4 Å². The number of hydrogen-bond donors (Lipinski definition) is 1. The summed E-state index contributed by atoms with van der Waals surface area (Å²) < 4.78 is 1.34. The van der Waals surface area contributed by atoms with E-state index in [4.69, 9.17) is 6.42 Å². The first kappa shape index (κ1) is 12.2. The number of fused-ring (bicyclic) bond motifs is 1.